The van der Waals surface area contributed by atoms with Crippen molar-refractivity contribution in [3.63, 3.8) is 0 Å². The first-order valence-corrected chi connectivity index (χ1v) is 24.8. The van der Waals surface area contributed by atoms with Gasteiger partial charge in [0, 0.05) is 58.3 Å². The zero-order valence-corrected chi connectivity index (χ0v) is 31.2. The number of hydrogen-bond acceptors (Lipinski definition) is 7. The lowest BCUT2D eigenvalue weighted by atomic mass is 9.75. The minimum Gasteiger partial charge on any atom is -0.384 e. The monoisotopic (exact) mass is 671 g/mol. The minimum atomic E-state index is -1.25. The highest BCUT2D eigenvalue weighted by Gasteiger charge is 2.45. The second-order valence-electron chi connectivity index (χ2n) is 16.3. The molecule has 8 nitrogen and oxygen atoms in total. The summed E-state index contributed by atoms with van der Waals surface area (Å²) in [5.74, 6) is 1.92. The molecule has 2 fully saturated rings. The quantitative estimate of drug-likeness (QED) is 0.0820. The van der Waals surface area contributed by atoms with Gasteiger partial charge in [-0.2, -0.15) is 9.61 Å². The summed E-state index contributed by atoms with van der Waals surface area (Å²) >= 11 is 0. The van der Waals surface area contributed by atoms with Crippen LogP contribution < -0.4 is 4.90 Å². The Kier molecular flexibility index (Phi) is 10.1. The van der Waals surface area contributed by atoms with E-state index in [1.165, 1.54) is 19.3 Å². The molecule has 3 aromatic heterocycles. The lowest BCUT2D eigenvalue weighted by Crippen LogP contribution is -2.36. The van der Waals surface area contributed by atoms with Gasteiger partial charge in [0.2, 0.25) is 0 Å². The first-order valence-electron chi connectivity index (χ1n) is 17.4. The molecule has 0 amide bonds. The third-order valence-electron chi connectivity index (χ3n) is 9.79. The van der Waals surface area contributed by atoms with E-state index < -0.39 is 21.7 Å². The summed E-state index contributed by atoms with van der Waals surface area (Å²) in [7, 11) is -2.50. The maximum Gasteiger partial charge on any atom is 0.165 e. The average Bonchev–Trinajstić information content (AvgIpc) is 3.62. The average molecular weight is 672 g/mol. The third-order valence-corrected chi connectivity index (χ3v) is 13.2. The van der Waals surface area contributed by atoms with Crippen LogP contribution in [0.2, 0.25) is 51.4 Å². The Morgan fingerprint density at radius 2 is 1.49 bits per heavy atom. The second kappa shape index (κ2) is 13.9. The molecule has 1 aromatic carbocycles. The molecule has 2 aliphatic carbocycles. The highest BCUT2D eigenvalue weighted by molar-refractivity contribution is 6.76. The Morgan fingerprint density at radius 1 is 0.851 bits per heavy atom. The van der Waals surface area contributed by atoms with Gasteiger partial charge < -0.3 is 19.5 Å². The molecule has 2 bridgehead atoms. The fraction of sp³-hybridized carbons (Fsp3) is 0.541. The van der Waals surface area contributed by atoms with Crippen molar-refractivity contribution in [2.24, 2.45) is 11.8 Å². The molecule has 0 spiro atoms. The summed E-state index contributed by atoms with van der Waals surface area (Å²) in [5, 5.41) is 17.2. The lowest BCUT2D eigenvalue weighted by molar-refractivity contribution is -0.0291. The van der Waals surface area contributed by atoms with Gasteiger partial charge in [-0.15, -0.1) is 0 Å². The van der Waals surface area contributed by atoms with Gasteiger partial charge in [-0.05, 0) is 49.3 Å². The van der Waals surface area contributed by atoms with Crippen LogP contribution in [-0.4, -0.2) is 67.5 Å². The molecule has 252 valence electrons. The molecular formula is C37H53N5O3Si2. The van der Waals surface area contributed by atoms with Crippen molar-refractivity contribution in [1.82, 2.24) is 19.6 Å². The van der Waals surface area contributed by atoms with Crippen LogP contribution in [0.5, 0.6) is 0 Å². The molecule has 3 atom stereocenters. The predicted molar refractivity (Wildman–Crippen MR) is 196 cm³/mol. The molecule has 1 N–H and O–H groups in total. The van der Waals surface area contributed by atoms with Crippen molar-refractivity contribution in [3.8, 4) is 22.4 Å². The fourth-order valence-corrected chi connectivity index (χ4v) is 8.53. The van der Waals surface area contributed by atoms with Crippen molar-refractivity contribution in [2.45, 2.75) is 89.1 Å². The van der Waals surface area contributed by atoms with E-state index in [1.807, 2.05) is 35.1 Å². The van der Waals surface area contributed by atoms with Crippen molar-refractivity contribution in [3.05, 3.63) is 66.6 Å². The first-order chi connectivity index (χ1) is 22.4. The van der Waals surface area contributed by atoms with Crippen molar-refractivity contribution >= 4 is 27.6 Å². The molecule has 2 saturated carbocycles. The molecule has 0 radical (unpaired) electrons. The third kappa shape index (κ3) is 8.40. The molecule has 4 aromatic rings. The maximum absolute atomic E-state index is 12.3. The number of benzene rings is 1. The molecule has 6 rings (SSSR count). The van der Waals surface area contributed by atoms with Crippen molar-refractivity contribution < 1.29 is 14.6 Å². The topological polar surface area (TPSA) is 85.0 Å². The standard InChI is InChI=1S/C37H53N5O3Si2/c1-46(2,3)18-16-44-26-41(27-45-17-19-47(4,5)6)35-21-34(37(43)22-28-12-13-29(20-28)23-37)40-36-32(25-39-42(35)36)31-14-15-33(38-24-31)30-10-8-7-9-11-30/h7-11,14-15,21,24-25,28-29,43H,12-13,16-20,22-23,26-27H2,1-6H3/t28-,29+,37?. The van der Waals surface area contributed by atoms with Gasteiger partial charge in [0.05, 0.1) is 17.6 Å². The molecule has 10 heteroatoms. The normalized spacial score (nSPS) is 21.4. The largest absolute Gasteiger partial charge is 0.384 e. The van der Waals surface area contributed by atoms with Crippen molar-refractivity contribution in [1.29, 1.82) is 0 Å². The molecule has 1 unspecified atom stereocenters. The van der Waals surface area contributed by atoms with Crippen LogP contribution >= 0.6 is 0 Å². The number of aromatic nitrogens is 4. The van der Waals surface area contributed by atoms with Crippen LogP contribution in [0.25, 0.3) is 28.0 Å². The Morgan fingerprint density at radius 3 is 2.06 bits per heavy atom. The van der Waals surface area contributed by atoms with E-state index in [0.29, 0.717) is 44.2 Å². The van der Waals surface area contributed by atoms with Crippen LogP contribution in [0.15, 0.2) is 60.9 Å². The van der Waals surface area contributed by atoms with Crippen LogP contribution in [-0.2, 0) is 15.1 Å². The molecule has 47 heavy (non-hydrogen) atoms. The van der Waals surface area contributed by atoms with Gasteiger partial charge in [-0.3, -0.25) is 4.98 Å². The Bertz CT molecular complexity index is 1600. The van der Waals surface area contributed by atoms with Crippen molar-refractivity contribution in [2.75, 3.05) is 31.6 Å². The van der Waals surface area contributed by atoms with Crippen LogP contribution in [0.3, 0.4) is 0 Å². The zero-order chi connectivity index (χ0) is 33.2. The van der Waals surface area contributed by atoms with Gasteiger partial charge in [0.25, 0.3) is 0 Å². The number of ether oxygens (including phenoxy) is 2. The molecule has 3 heterocycles. The van der Waals surface area contributed by atoms with Gasteiger partial charge in [-0.25, -0.2) is 4.98 Å². The summed E-state index contributed by atoms with van der Waals surface area (Å²) in [5.41, 5.74) is 4.30. The number of anilines is 1. The fourth-order valence-electron chi connectivity index (χ4n) is 7.02. The summed E-state index contributed by atoms with van der Waals surface area (Å²) in [6.07, 6.45) is 8.89. The first kappa shape index (κ1) is 34.0. The van der Waals surface area contributed by atoms with E-state index in [-0.39, 0.29) is 0 Å². The van der Waals surface area contributed by atoms with Gasteiger partial charge in [0.1, 0.15) is 24.9 Å². The number of nitrogens with zero attached hydrogens (tertiary/aromatic N) is 5. The van der Waals surface area contributed by atoms with Gasteiger partial charge in [-0.1, -0.05) is 88.5 Å². The summed E-state index contributed by atoms with van der Waals surface area (Å²) in [4.78, 5) is 12.1. The number of aliphatic hydroxyl groups is 1. The molecule has 0 saturated heterocycles. The number of hydrogen-bond donors (Lipinski definition) is 1. The molecule has 0 aliphatic heterocycles. The van der Waals surface area contributed by atoms with E-state index in [1.54, 1.807) is 0 Å². The smallest absolute Gasteiger partial charge is 0.165 e. The summed E-state index contributed by atoms with van der Waals surface area (Å²) in [6.45, 7) is 16.4. The van der Waals surface area contributed by atoms with Gasteiger partial charge >= 0.3 is 0 Å². The van der Waals surface area contributed by atoms with E-state index in [4.69, 9.17) is 24.5 Å². The highest BCUT2D eigenvalue weighted by Crippen LogP contribution is 2.50. The maximum atomic E-state index is 12.3. The predicted octanol–water partition coefficient (Wildman–Crippen LogP) is 8.29. The Labute approximate surface area is 282 Å². The lowest BCUT2D eigenvalue weighted by Gasteiger charge is -2.36. The van der Waals surface area contributed by atoms with Gasteiger partial charge in [0.15, 0.2) is 5.65 Å². The second-order valence-corrected chi connectivity index (χ2v) is 27.6. The van der Waals surface area contributed by atoms with Crippen LogP contribution in [0, 0.1) is 11.8 Å². The summed E-state index contributed by atoms with van der Waals surface area (Å²) in [6, 6.07) is 18.6. The Balaban J connectivity index is 1.38. The SMILES string of the molecule is C[Si](C)(C)CCOCN(COCC[Si](C)(C)C)c1cc(C2(O)C[C@@H]3CC[C@@H](C3)C2)nc2c(-c3ccc(-c4ccccc4)nc3)cnn12. The van der Waals surface area contributed by atoms with E-state index in [0.717, 1.165) is 58.8 Å². The number of fused-ring (bicyclic) bond motifs is 3. The number of rotatable bonds is 14. The van der Waals surface area contributed by atoms with Crippen LogP contribution in [0.4, 0.5) is 5.82 Å². The zero-order valence-electron chi connectivity index (χ0n) is 29.2. The van der Waals surface area contributed by atoms with E-state index in [9.17, 15) is 5.11 Å². The molecular weight excluding hydrogens is 619 g/mol. The Hall–Kier alpha value is -2.90. The minimum absolute atomic E-state index is 0.377. The van der Waals surface area contributed by atoms with E-state index >= 15 is 0 Å². The summed E-state index contributed by atoms with van der Waals surface area (Å²) < 4.78 is 14.6. The van der Waals surface area contributed by atoms with Crippen LogP contribution in [0.1, 0.15) is 37.8 Å². The highest BCUT2D eigenvalue weighted by atomic mass is 28.3. The van der Waals surface area contributed by atoms with E-state index in [2.05, 4.69) is 74.5 Å². The number of pyridine rings is 1. The molecule has 2 aliphatic rings.